The standard InChI is InChI=1S/C23H15BrFN3O4S/c24-16-4-9-20(32-13-14-2-1-3-19(10-14)28(30)31)15(11-16)12-21-22(29)27-23(33-21)26-18-7-5-17(25)6-8-18/h1-12H,13H2,(H,26,27,29)/b21-12+. The predicted molar refractivity (Wildman–Crippen MR) is 129 cm³/mol. The zero-order valence-electron chi connectivity index (χ0n) is 16.8. The second-order valence-electron chi connectivity index (χ2n) is 6.86. The zero-order chi connectivity index (χ0) is 23.4. The lowest BCUT2D eigenvalue weighted by Crippen LogP contribution is -2.19. The molecule has 1 saturated heterocycles. The van der Waals surface area contributed by atoms with Crippen molar-refractivity contribution in [1.29, 1.82) is 0 Å². The summed E-state index contributed by atoms with van der Waals surface area (Å²) in [5, 5.41) is 14.1. The van der Waals surface area contributed by atoms with Crippen molar-refractivity contribution in [3.63, 3.8) is 0 Å². The summed E-state index contributed by atoms with van der Waals surface area (Å²) in [4.78, 5) is 27.7. The third-order valence-electron chi connectivity index (χ3n) is 4.48. The van der Waals surface area contributed by atoms with Crippen LogP contribution in [0.15, 0.2) is 81.1 Å². The van der Waals surface area contributed by atoms with Gasteiger partial charge in [0.2, 0.25) is 0 Å². The van der Waals surface area contributed by atoms with Crippen LogP contribution in [0.5, 0.6) is 5.75 Å². The van der Waals surface area contributed by atoms with E-state index in [0.717, 1.165) is 16.2 Å². The number of benzene rings is 3. The molecule has 1 aliphatic rings. The number of ether oxygens (including phenoxy) is 1. The van der Waals surface area contributed by atoms with Crippen LogP contribution in [0.3, 0.4) is 0 Å². The van der Waals surface area contributed by atoms with Gasteiger partial charge in [0.25, 0.3) is 11.6 Å². The van der Waals surface area contributed by atoms with Crippen molar-refractivity contribution in [2.75, 3.05) is 0 Å². The van der Waals surface area contributed by atoms with Crippen LogP contribution in [0.4, 0.5) is 15.8 Å². The van der Waals surface area contributed by atoms with Gasteiger partial charge in [0, 0.05) is 22.2 Å². The number of aliphatic imine (C=N–C) groups is 1. The lowest BCUT2D eigenvalue weighted by molar-refractivity contribution is -0.384. The minimum Gasteiger partial charge on any atom is -0.488 e. The normalized spacial score (nSPS) is 15.6. The molecule has 0 spiro atoms. The van der Waals surface area contributed by atoms with E-state index in [4.69, 9.17) is 4.74 Å². The number of hydrogen-bond acceptors (Lipinski definition) is 6. The van der Waals surface area contributed by atoms with Crippen molar-refractivity contribution in [1.82, 2.24) is 5.32 Å². The molecule has 0 unspecified atom stereocenters. The Labute approximate surface area is 200 Å². The number of non-ortho nitro benzene ring substituents is 1. The molecule has 1 amide bonds. The number of hydrogen-bond donors (Lipinski definition) is 1. The van der Waals surface area contributed by atoms with E-state index in [2.05, 4.69) is 26.2 Å². The molecule has 166 valence electrons. The van der Waals surface area contributed by atoms with Gasteiger partial charge in [-0.25, -0.2) is 9.38 Å². The van der Waals surface area contributed by atoms with E-state index in [1.807, 2.05) is 0 Å². The average Bonchev–Trinajstić information content (AvgIpc) is 3.13. The summed E-state index contributed by atoms with van der Waals surface area (Å²) in [6.45, 7) is 0.121. The van der Waals surface area contributed by atoms with Gasteiger partial charge in [0.05, 0.1) is 15.5 Å². The predicted octanol–water partition coefficient (Wildman–Crippen LogP) is 5.97. The Bertz CT molecular complexity index is 1300. The van der Waals surface area contributed by atoms with E-state index in [9.17, 15) is 19.3 Å². The van der Waals surface area contributed by atoms with Crippen molar-refractivity contribution in [2.24, 2.45) is 4.99 Å². The first-order valence-corrected chi connectivity index (χ1v) is 11.2. The molecule has 0 aliphatic carbocycles. The molecule has 3 aromatic rings. The quantitative estimate of drug-likeness (QED) is 0.242. The van der Waals surface area contributed by atoms with Crippen molar-refractivity contribution < 1.29 is 18.8 Å². The van der Waals surface area contributed by atoms with E-state index in [1.54, 1.807) is 36.4 Å². The smallest absolute Gasteiger partial charge is 0.269 e. The molecule has 10 heteroatoms. The average molecular weight is 528 g/mol. The van der Waals surface area contributed by atoms with Crippen molar-refractivity contribution >= 4 is 56.2 Å². The summed E-state index contributed by atoms with van der Waals surface area (Å²) in [5.41, 5.74) is 1.80. The van der Waals surface area contributed by atoms with Crippen LogP contribution in [0.25, 0.3) is 6.08 Å². The maximum atomic E-state index is 13.1. The minimum atomic E-state index is -0.458. The first-order chi connectivity index (χ1) is 15.9. The molecule has 0 bridgehead atoms. The van der Waals surface area contributed by atoms with Gasteiger partial charge in [-0.15, -0.1) is 0 Å². The summed E-state index contributed by atoms with van der Waals surface area (Å²) in [7, 11) is 0. The number of nitro groups is 1. The number of amidine groups is 1. The maximum absolute atomic E-state index is 13.1. The molecule has 0 saturated carbocycles. The first-order valence-electron chi connectivity index (χ1n) is 9.58. The first kappa shape index (κ1) is 22.7. The van der Waals surface area contributed by atoms with Gasteiger partial charge in [0.1, 0.15) is 18.2 Å². The zero-order valence-corrected chi connectivity index (χ0v) is 19.2. The van der Waals surface area contributed by atoms with Crippen LogP contribution in [0.2, 0.25) is 0 Å². The van der Waals surface area contributed by atoms with E-state index < -0.39 is 4.92 Å². The summed E-state index contributed by atoms with van der Waals surface area (Å²) < 4.78 is 19.8. The number of nitro benzene ring substituents is 1. The molecule has 0 radical (unpaired) electrons. The Morgan fingerprint density at radius 3 is 2.70 bits per heavy atom. The number of nitrogens with one attached hydrogen (secondary N) is 1. The number of amides is 1. The molecule has 33 heavy (non-hydrogen) atoms. The third kappa shape index (κ3) is 5.85. The van der Waals surface area contributed by atoms with Gasteiger partial charge < -0.3 is 10.1 Å². The van der Waals surface area contributed by atoms with Gasteiger partial charge in [-0.1, -0.05) is 28.1 Å². The number of carbonyl (C=O) groups excluding carboxylic acids is 1. The summed E-state index contributed by atoms with van der Waals surface area (Å²) in [5.74, 6) is -0.171. The largest absolute Gasteiger partial charge is 0.488 e. The minimum absolute atomic E-state index is 0.0127. The van der Waals surface area contributed by atoms with Gasteiger partial charge >= 0.3 is 0 Å². The number of carbonyl (C=O) groups is 1. The van der Waals surface area contributed by atoms with E-state index in [-0.39, 0.29) is 24.0 Å². The summed E-state index contributed by atoms with van der Waals surface area (Å²) in [6, 6.07) is 17.2. The third-order valence-corrected chi connectivity index (χ3v) is 5.89. The fourth-order valence-corrected chi connectivity index (χ4v) is 4.15. The Hall–Kier alpha value is -3.50. The molecule has 3 aromatic carbocycles. The highest BCUT2D eigenvalue weighted by Gasteiger charge is 2.24. The molecular formula is C23H15BrFN3O4S. The Kier molecular flexibility index (Phi) is 6.85. The lowest BCUT2D eigenvalue weighted by atomic mass is 10.1. The van der Waals surface area contributed by atoms with Crippen LogP contribution < -0.4 is 10.1 Å². The van der Waals surface area contributed by atoms with Crippen molar-refractivity contribution in [3.8, 4) is 5.75 Å². The van der Waals surface area contributed by atoms with E-state index >= 15 is 0 Å². The molecule has 1 fully saturated rings. The van der Waals surface area contributed by atoms with Crippen LogP contribution in [-0.2, 0) is 11.4 Å². The Morgan fingerprint density at radius 2 is 1.94 bits per heavy atom. The fraction of sp³-hybridized carbons (Fsp3) is 0.0435. The van der Waals surface area contributed by atoms with Crippen LogP contribution in [-0.4, -0.2) is 16.0 Å². The summed E-state index contributed by atoms with van der Waals surface area (Å²) in [6.07, 6.45) is 1.68. The molecule has 1 aliphatic heterocycles. The van der Waals surface area contributed by atoms with Gasteiger partial charge in [-0.3, -0.25) is 14.9 Å². The van der Waals surface area contributed by atoms with Crippen LogP contribution >= 0.6 is 27.7 Å². The number of rotatable bonds is 6. The lowest BCUT2D eigenvalue weighted by Gasteiger charge is -2.10. The monoisotopic (exact) mass is 527 g/mol. The molecule has 1 N–H and O–H groups in total. The van der Waals surface area contributed by atoms with Gasteiger partial charge in [-0.2, -0.15) is 0 Å². The molecule has 4 rings (SSSR count). The highest BCUT2D eigenvalue weighted by molar-refractivity contribution is 9.10. The second kappa shape index (κ2) is 9.97. The SMILES string of the molecule is O=C1NC(=Nc2ccc(F)cc2)S/C1=C/c1cc(Br)ccc1OCc1cccc([N+](=O)[O-])c1. The number of halogens is 2. The Balaban J connectivity index is 1.54. The second-order valence-corrected chi connectivity index (χ2v) is 8.80. The van der Waals surface area contributed by atoms with Crippen molar-refractivity contribution in [2.45, 2.75) is 6.61 Å². The van der Waals surface area contributed by atoms with Gasteiger partial charge in [-0.05, 0) is 65.9 Å². The van der Waals surface area contributed by atoms with Crippen molar-refractivity contribution in [3.05, 3.63) is 103 Å². The number of thioether (sulfide) groups is 1. The molecule has 7 nitrogen and oxygen atoms in total. The fourth-order valence-electron chi connectivity index (χ4n) is 2.94. The number of nitrogens with zero attached hydrogens (tertiary/aromatic N) is 2. The molecule has 0 atom stereocenters. The molecule has 1 heterocycles. The molecular weight excluding hydrogens is 513 g/mol. The van der Waals surface area contributed by atoms with Crippen LogP contribution in [0, 0.1) is 15.9 Å². The highest BCUT2D eigenvalue weighted by Crippen LogP contribution is 2.32. The van der Waals surface area contributed by atoms with Crippen LogP contribution in [0.1, 0.15) is 11.1 Å². The van der Waals surface area contributed by atoms with Gasteiger partial charge in [0.15, 0.2) is 5.17 Å². The topological polar surface area (TPSA) is 93.8 Å². The maximum Gasteiger partial charge on any atom is 0.269 e. The summed E-state index contributed by atoms with van der Waals surface area (Å²) >= 11 is 4.58. The Morgan fingerprint density at radius 1 is 1.15 bits per heavy atom. The van der Waals surface area contributed by atoms with E-state index in [0.29, 0.717) is 32.6 Å². The highest BCUT2D eigenvalue weighted by atomic mass is 79.9. The molecule has 0 aromatic heterocycles. The van der Waals surface area contributed by atoms with E-state index in [1.165, 1.54) is 36.4 Å².